The molecular weight excluding hydrogens is 292 g/mol. The van der Waals surface area contributed by atoms with Gasteiger partial charge >= 0.3 is 0 Å². The summed E-state index contributed by atoms with van der Waals surface area (Å²) in [6.45, 7) is 0.705. The molecule has 4 aromatic carbocycles. The largest absolute Gasteiger partial charge is 0.489 e. The van der Waals surface area contributed by atoms with Gasteiger partial charge in [0.25, 0.3) is 0 Å². The van der Waals surface area contributed by atoms with Crippen LogP contribution in [-0.4, -0.2) is 6.61 Å². The molecule has 0 radical (unpaired) electrons. The van der Waals surface area contributed by atoms with E-state index in [9.17, 15) is 0 Å². The van der Waals surface area contributed by atoms with Crippen LogP contribution < -0.4 is 4.74 Å². The van der Waals surface area contributed by atoms with Crippen molar-refractivity contribution in [2.24, 2.45) is 0 Å². The van der Waals surface area contributed by atoms with Crippen molar-refractivity contribution in [3.63, 3.8) is 0 Å². The Morgan fingerprint density at radius 1 is 0.583 bits per heavy atom. The van der Waals surface area contributed by atoms with Gasteiger partial charge in [-0.15, -0.1) is 0 Å². The highest BCUT2D eigenvalue weighted by Gasteiger charge is 2.01. The monoisotopic (exact) mass is 310 g/mol. The van der Waals surface area contributed by atoms with Gasteiger partial charge in [0.15, 0.2) is 0 Å². The lowest BCUT2D eigenvalue weighted by atomic mass is 10.0. The Balaban J connectivity index is 0.000000129. The molecule has 1 aliphatic rings. The minimum Gasteiger partial charge on any atom is -0.489 e. The smallest absolute Gasteiger partial charge is 0.126 e. The third kappa shape index (κ3) is 3.02. The zero-order valence-corrected chi connectivity index (χ0v) is 13.4. The van der Waals surface area contributed by atoms with Crippen LogP contribution in [0.25, 0.3) is 27.6 Å². The first-order valence-electron chi connectivity index (χ1n) is 8.16. The van der Waals surface area contributed by atoms with Gasteiger partial charge in [-0.05, 0) is 45.8 Å². The van der Waals surface area contributed by atoms with Gasteiger partial charge in [-0.2, -0.15) is 0 Å². The molecule has 0 spiro atoms. The maximum Gasteiger partial charge on any atom is 0.126 e. The van der Waals surface area contributed by atoms with Crippen molar-refractivity contribution in [2.75, 3.05) is 6.61 Å². The molecule has 5 rings (SSSR count). The molecule has 24 heavy (non-hydrogen) atoms. The molecule has 0 fully saturated rings. The molecule has 1 aliphatic heterocycles. The Bertz CT molecular complexity index is 909. The fourth-order valence-corrected chi connectivity index (χ4v) is 2.95. The maximum absolute atomic E-state index is 5.34. The number of fused-ring (bicyclic) bond motifs is 3. The van der Waals surface area contributed by atoms with Gasteiger partial charge in [0, 0.05) is 5.56 Å². The number of para-hydroxylation sites is 1. The number of hydrogen-bond donors (Lipinski definition) is 0. The van der Waals surface area contributed by atoms with E-state index in [1.807, 2.05) is 30.3 Å². The molecule has 0 aromatic heterocycles. The molecule has 0 unspecified atom stereocenters. The molecule has 0 amide bonds. The van der Waals surface area contributed by atoms with E-state index in [4.69, 9.17) is 4.74 Å². The van der Waals surface area contributed by atoms with E-state index in [-0.39, 0.29) is 0 Å². The van der Waals surface area contributed by atoms with Crippen molar-refractivity contribution >= 4 is 27.6 Å². The van der Waals surface area contributed by atoms with E-state index in [0.29, 0.717) is 6.61 Å². The van der Waals surface area contributed by atoms with E-state index >= 15 is 0 Å². The second kappa shape index (κ2) is 6.59. The molecule has 0 aliphatic carbocycles. The fraction of sp³-hybridized carbons (Fsp3) is 0.0435. The van der Waals surface area contributed by atoms with Crippen molar-refractivity contribution in [3.8, 4) is 5.75 Å². The molecule has 1 heteroatoms. The highest BCUT2D eigenvalue weighted by Crippen LogP contribution is 2.22. The van der Waals surface area contributed by atoms with E-state index in [1.165, 1.54) is 27.1 Å². The first-order valence-corrected chi connectivity index (χ1v) is 8.16. The molecular formula is C23H18O. The number of ether oxygens (including phenoxy) is 1. The van der Waals surface area contributed by atoms with Crippen LogP contribution in [0.5, 0.6) is 5.75 Å². The van der Waals surface area contributed by atoms with Crippen LogP contribution in [0.3, 0.4) is 0 Å². The molecule has 0 bridgehead atoms. The highest BCUT2D eigenvalue weighted by molar-refractivity contribution is 5.98. The zero-order chi connectivity index (χ0) is 16.2. The quantitative estimate of drug-likeness (QED) is 0.357. The molecule has 0 N–H and O–H groups in total. The Morgan fingerprint density at radius 2 is 1.08 bits per heavy atom. The summed E-state index contributed by atoms with van der Waals surface area (Å²) in [5.41, 5.74) is 1.17. The molecule has 0 saturated heterocycles. The van der Waals surface area contributed by atoms with Gasteiger partial charge in [0.05, 0.1) is 0 Å². The summed E-state index contributed by atoms with van der Waals surface area (Å²) in [7, 11) is 0. The van der Waals surface area contributed by atoms with Crippen LogP contribution in [0.15, 0.2) is 91.0 Å². The fourth-order valence-electron chi connectivity index (χ4n) is 2.95. The third-order valence-corrected chi connectivity index (χ3v) is 4.17. The number of rotatable bonds is 0. The molecule has 1 heterocycles. The maximum atomic E-state index is 5.34. The average molecular weight is 310 g/mol. The standard InChI is InChI=1S/C14H10.C9H8O/c1-2-6-12-10-14-8-4-3-7-13(14)9-11(12)5-1;1-2-6-9-8(4-1)5-3-7-10-9/h1-10H;1-6H,7H2. The normalized spacial score (nSPS) is 12.2. The van der Waals surface area contributed by atoms with Crippen LogP contribution in [0.1, 0.15) is 5.56 Å². The van der Waals surface area contributed by atoms with E-state index in [1.54, 1.807) is 0 Å². The van der Waals surface area contributed by atoms with Crippen molar-refractivity contribution in [1.29, 1.82) is 0 Å². The lowest BCUT2D eigenvalue weighted by Gasteiger charge is -2.10. The highest BCUT2D eigenvalue weighted by atomic mass is 16.5. The zero-order valence-electron chi connectivity index (χ0n) is 13.4. The molecule has 116 valence electrons. The number of hydrogen-bond acceptors (Lipinski definition) is 1. The molecule has 0 atom stereocenters. The Morgan fingerprint density at radius 3 is 1.62 bits per heavy atom. The second-order valence-corrected chi connectivity index (χ2v) is 5.80. The SMILES string of the molecule is C1=Cc2ccccc2OC1.c1ccc2cc3ccccc3cc2c1. The lowest BCUT2D eigenvalue weighted by molar-refractivity contribution is 0.358. The minimum atomic E-state index is 0.705. The van der Waals surface area contributed by atoms with Crippen molar-refractivity contribution < 1.29 is 4.74 Å². The van der Waals surface area contributed by atoms with Gasteiger partial charge in [0.1, 0.15) is 12.4 Å². The van der Waals surface area contributed by atoms with Gasteiger partial charge in [-0.3, -0.25) is 0 Å². The summed E-state index contributed by atoms with van der Waals surface area (Å²) < 4.78 is 5.34. The first-order chi connectivity index (χ1) is 11.9. The van der Waals surface area contributed by atoms with E-state index < -0.39 is 0 Å². The van der Waals surface area contributed by atoms with Crippen LogP contribution >= 0.6 is 0 Å². The van der Waals surface area contributed by atoms with E-state index in [0.717, 1.165) is 5.75 Å². The molecule has 1 nitrogen and oxygen atoms in total. The Labute approximate surface area is 141 Å². The predicted octanol–water partition coefficient (Wildman–Crippen LogP) is 6.09. The van der Waals surface area contributed by atoms with Crippen molar-refractivity contribution in [3.05, 3.63) is 96.6 Å². The molecule has 4 aromatic rings. The van der Waals surface area contributed by atoms with Crippen LogP contribution in [0.2, 0.25) is 0 Å². The van der Waals surface area contributed by atoms with Gasteiger partial charge in [-0.1, -0.05) is 72.8 Å². The summed E-state index contributed by atoms with van der Waals surface area (Å²) in [6.07, 6.45) is 4.10. The second-order valence-electron chi connectivity index (χ2n) is 5.80. The van der Waals surface area contributed by atoms with Crippen LogP contribution in [0.4, 0.5) is 0 Å². The Kier molecular flexibility index (Phi) is 3.99. The summed E-state index contributed by atoms with van der Waals surface area (Å²) in [5.74, 6) is 0.991. The predicted molar refractivity (Wildman–Crippen MR) is 102 cm³/mol. The van der Waals surface area contributed by atoms with Crippen molar-refractivity contribution in [2.45, 2.75) is 0 Å². The van der Waals surface area contributed by atoms with Crippen LogP contribution in [-0.2, 0) is 0 Å². The third-order valence-electron chi connectivity index (χ3n) is 4.17. The topological polar surface area (TPSA) is 9.23 Å². The number of benzene rings is 4. The van der Waals surface area contributed by atoms with Crippen molar-refractivity contribution in [1.82, 2.24) is 0 Å². The Hall–Kier alpha value is -3.06. The van der Waals surface area contributed by atoms with Gasteiger partial charge in [0.2, 0.25) is 0 Å². The summed E-state index contributed by atoms with van der Waals surface area (Å²) in [4.78, 5) is 0. The average Bonchev–Trinajstić information content (AvgIpc) is 2.67. The van der Waals surface area contributed by atoms with E-state index in [2.05, 4.69) is 66.7 Å². The van der Waals surface area contributed by atoms with Gasteiger partial charge in [-0.25, -0.2) is 0 Å². The summed E-state index contributed by atoms with van der Waals surface area (Å²) in [6, 6.07) is 29.4. The summed E-state index contributed by atoms with van der Waals surface area (Å²) >= 11 is 0. The minimum absolute atomic E-state index is 0.705. The van der Waals surface area contributed by atoms with Gasteiger partial charge < -0.3 is 4.74 Å². The summed E-state index contributed by atoms with van der Waals surface area (Å²) in [5, 5.41) is 5.25. The molecule has 0 saturated carbocycles. The first kappa shape index (κ1) is 14.5. The lowest BCUT2D eigenvalue weighted by Crippen LogP contribution is -1.98. The van der Waals surface area contributed by atoms with Crippen LogP contribution in [0, 0.1) is 0 Å².